The number of fused-ring (bicyclic) bond motifs is 1. The van der Waals surface area contributed by atoms with Crippen molar-refractivity contribution in [2.24, 2.45) is 0 Å². The predicted octanol–water partition coefficient (Wildman–Crippen LogP) is 3.10. The Kier molecular flexibility index (Phi) is 3.14. The van der Waals surface area contributed by atoms with Gasteiger partial charge < -0.3 is 5.11 Å². The summed E-state index contributed by atoms with van der Waals surface area (Å²) in [6.07, 6.45) is 0. The van der Waals surface area contributed by atoms with Crippen LogP contribution in [0.25, 0.3) is 0 Å². The van der Waals surface area contributed by atoms with Crippen molar-refractivity contribution >= 4 is 58.4 Å². The van der Waals surface area contributed by atoms with Gasteiger partial charge in [-0.25, -0.2) is 0 Å². The summed E-state index contributed by atoms with van der Waals surface area (Å²) in [7, 11) is 0. The summed E-state index contributed by atoms with van der Waals surface area (Å²) in [6.45, 7) is 0.270. The molecule has 1 nitrogen and oxygen atoms in total. The van der Waals surface area contributed by atoms with E-state index in [0.717, 1.165) is 8.89 Å². The van der Waals surface area contributed by atoms with Gasteiger partial charge in [-0.05, 0) is 0 Å². The lowest BCUT2D eigenvalue weighted by Gasteiger charge is -2.17. The zero-order valence-corrected chi connectivity index (χ0v) is 10.1. The van der Waals surface area contributed by atoms with Crippen molar-refractivity contribution in [1.29, 1.82) is 0 Å². The van der Waals surface area contributed by atoms with Gasteiger partial charge in [0.1, 0.15) is 3.14 Å². The lowest BCUT2D eigenvalue weighted by molar-refractivity contribution is 0.301. The molecule has 1 atom stereocenters. The first kappa shape index (κ1) is 9.48. The standard InChI is InChI=1S/C6H6OS5/c7-1-3-2-9-4-5(10-3)12-6(8)11-4/h3,7H,1-2H2. The van der Waals surface area contributed by atoms with Crippen LogP contribution >= 0.6 is 58.4 Å². The maximum absolute atomic E-state index is 8.97. The van der Waals surface area contributed by atoms with Crippen LogP contribution in [0.15, 0.2) is 8.42 Å². The fraction of sp³-hybridized carbons (Fsp3) is 0.500. The molecule has 1 N–H and O–H groups in total. The number of aliphatic hydroxyl groups excluding tert-OH is 1. The molecule has 6 heteroatoms. The van der Waals surface area contributed by atoms with Crippen LogP contribution < -0.4 is 0 Å². The lowest BCUT2D eigenvalue weighted by Crippen LogP contribution is -2.13. The second-order valence-electron chi connectivity index (χ2n) is 2.26. The van der Waals surface area contributed by atoms with E-state index >= 15 is 0 Å². The molecular weight excluding hydrogens is 248 g/mol. The van der Waals surface area contributed by atoms with Gasteiger partial charge in [0.2, 0.25) is 0 Å². The topological polar surface area (TPSA) is 20.2 Å². The molecule has 0 aromatic carbocycles. The Hall–Kier alpha value is 0.930. The van der Waals surface area contributed by atoms with Crippen molar-refractivity contribution < 1.29 is 5.11 Å². The first-order valence-electron chi connectivity index (χ1n) is 3.34. The lowest BCUT2D eigenvalue weighted by atomic mass is 10.5. The number of aliphatic hydroxyl groups is 1. The second kappa shape index (κ2) is 3.98. The molecular formula is C6H6OS5. The van der Waals surface area contributed by atoms with Crippen LogP contribution in [-0.2, 0) is 0 Å². The van der Waals surface area contributed by atoms with Crippen molar-refractivity contribution in [2.75, 3.05) is 12.4 Å². The molecule has 0 saturated carbocycles. The van der Waals surface area contributed by atoms with Gasteiger partial charge in [-0.3, -0.25) is 0 Å². The van der Waals surface area contributed by atoms with Gasteiger partial charge in [0.15, 0.2) is 0 Å². The number of rotatable bonds is 1. The summed E-state index contributed by atoms with van der Waals surface area (Å²) >= 11 is 12.1. The molecule has 1 aliphatic heterocycles. The maximum atomic E-state index is 8.97. The highest BCUT2D eigenvalue weighted by molar-refractivity contribution is 8.08. The van der Waals surface area contributed by atoms with Gasteiger partial charge in [0, 0.05) is 11.0 Å². The second-order valence-corrected chi connectivity index (χ2v) is 8.34. The molecule has 1 aliphatic rings. The van der Waals surface area contributed by atoms with Gasteiger partial charge in [0.25, 0.3) is 0 Å². The highest BCUT2D eigenvalue weighted by atomic mass is 32.2. The van der Waals surface area contributed by atoms with Gasteiger partial charge >= 0.3 is 0 Å². The molecule has 1 unspecified atom stereocenters. The largest absolute Gasteiger partial charge is 0.395 e. The molecule has 66 valence electrons. The highest BCUT2D eigenvalue weighted by Crippen LogP contribution is 2.47. The van der Waals surface area contributed by atoms with E-state index in [1.807, 2.05) is 11.8 Å². The molecule has 1 aromatic heterocycles. The number of hydrogen-bond donors (Lipinski definition) is 1. The summed E-state index contributed by atoms with van der Waals surface area (Å²) in [4.78, 5) is 0. The summed E-state index contributed by atoms with van der Waals surface area (Å²) in [5.41, 5.74) is 0. The van der Waals surface area contributed by atoms with Crippen molar-refractivity contribution in [1.82, 2.24) is 0 Å². The maximum Gasteiger partial charge on any atom is 0.145 e. The Balaban J connectivity index is 2.28. The third kappa shape index (κ3) is 1.88. The molecule has 0 aliphatic carbocycles. The van der Waals surface area contributed by atoms with E-state index in [-0.39, 0.29) is 6.61 Å². The van der Waals surface area contributed by atoms with Crippen molar-refractivity contribution in [3.8, 4) is 0 Å². The Labute approximate surface area is 92.2 Å². The van der Waals surface area contributed by atoms with E-state index in [2.05, 4.69) is 0 Å². The van der Waals surface area contributed by atoms with Crippen molar-refractivity contribution in [2.45, 2.75) is 13.7 Å². The monoisotopic (exact) mass is 254 g/mol. The third-order valence-corrected chi connectivity index (χ3v) is 7.48. The molecule has 0 spiro atoms. The summed E-state index contributed by atoms with van der Waals surface area (Å²) in [5, 5.41) is 9.33. The third-order valence-electron chi connectivity index (χ3n) is 1.40. The zero-order valence-electron chi connectivity index (χ0n) is 5.98. The van der Waals surface area contributed by atoms with E-state index in [4.69, 9.17) is 17.3 Å². The van der Waals surface area contributed by atoms with E-state index in [1.54, 1.807) is 34.4 Å². The molecule has 2 heterocycles. The van der Waals surface area contributed by atoms with Crippen LogP contribution in [0.1, 0.15) is 0 Å². The summed E-state index contributed by atoms with van der Waals surface area (Å²) in [6, 6.07) is 0. The Morgan fingerprint density at radius 2 is 2.17 bits per heavy atom. The van der Waals surface area contributed by atoms with Crippen LogP contribution in [0.3, 0.4) is 0 Å². The van der Waals surface area contributed by atoms with Crippen LogP contribution in [-0.4, -0.2) is 22.7 Å². The fourth-order valence-electron chi connectivity index (χ4n) is 0.860. The normalized spacial score (nSPS) is 22.2. The van der Waals surface area contributed by atoms with Gasteiger partial charge in [-0.15, -0.1) is 46.2 Å². The zero-order chi connectivity index (χ0) is 8.55. The molecule has 0 saturated heterocycles. The molecule has 0 fully saturated rings. The van der Waals surface area contributed by atoms with E-state index in [9.17, 15) is 0 Å². The van der Waals surface area contributed by atoms with Crippen LogP contribution in [0.4, 0.5) is 0 Å². The van der Waals surface area contributed by atoms with Gasteiger partial charge in [-0.1, -0.05) is 12.2 Å². The van der Waals surface area contributed by atoms with Gasteiger partial charge in [-0.2, -0.15) is 0 Å². The van der Waals surface area contributed by atoms with E-state index in [0.29, 0.717) is 5.25 Å². The molecule has 12 heavy (non-hydrogen) atoms. The summed E-state index contributed by atoms with van der Waals surface area (Å²) in [5.74, 6) is 1.01. The van der Waals surface area contributed by atoms with Gasteiger partial charge in [0.05, 0.1) is 15.0 Å². The first-order chi connectivity index (χ1) is 5.79. The molecule has 1 aromatic rings. The van der Waals surface area contributed by atoms with Crippen molar-refractivity contribution in [3.05, 3.63) is 3.14 Å². The highest BCUT2D eigenvalue weighted by Gasteiger charge is 2.21. The Bertz CT molecular complexity index is 327. The Morgan fingerprint density at radius 1 is 1.42 bits per heavy atom. The minimum absolute atomic E-state index is 0.270. The molecule has 0 radical (unpaired) electrons. The fourth-order valence-corrected chi connectivity index (χ4v) is 7.32. The molecule has 0 bridgehead atoms. The predicted molar refractivity (Wildman–Crippen MR) is 60.5 cm³/mol. The SMILES string of the molecule is OCC1CSc2sc(=S)sc2S1. The van der Waals surface area contributed by atoms with Crippen LogP contribution in [0.5, 0.6) is 0 Å². The quantitative estimate of drug-likeness (QED) is 0.777. The smallest absolute Gasteiger partial charge is 0.145 e. The Morgan fingerprint density at radius 3 is 2.92 bits per heavy atom. The van der Waals surface area contributed by atoms with Crippen molar-refractivity contribution in [3.63, 3.8) is 0 Å². The van der Waals surface area contributed by atoms with E-state index < -0.39 is 0 Å². The van der Waals surface area contributed by atoms with Crippen LogP contribution in [0, 0.1) is 3.14 Å². The molecule has 2 rings (SSSR count). The minimum Gasteiger partial charge on any atom is -0.395 e. The minimum atomic E-state index is 0.270. The van der Waals surface area contributed by atoms with E-state index in [1.165, 1.54) is 8.42 Å². The first-order valence-corrected chi connectivity index (χ1v) is 7.24. The number of hydrogen-bond acceptors (Lipinski definition) is 6. The average Bonchev–Trinajstić information content (AvgIpc) is 2.43. The summed E-state index contributed by atoms with van der Waals surface area (Å²) < 4.78 is 3.65. The average molecular weight is 254 g/mol. The van der Waals surface area contributed by atoms with Crippen LogP contribution in [0.2, 0.25) is 0 Å². The number of thioether (sulfide) groups is 2. The molecule has 0 amide bonds.